The fourth-order valence-corrected chi connectivity index (χ4v) is 0.326. The molecule has 4 nitrogen and oxygen atoms in total. The summed E-state index contributed by atoms with van der Waals surface area (Å²) >= 11 is 0. The van der Waals surface area contributed by atoms with Gasteiger partial charge in [0.25, 0.3) is 0 Å². The number of carboxylic acids is 2. The van der Waals surface area contributed by atoms with Crippen LogP contribution in [0.1, 0.15) is 82.0 Å². The Morgan fingerprint density at radius 2 is 1.00 bits per heavy atom. The lowest BCUT2D eigenvalue weighted by atomic mass is 10.1. The molecule has 15 heavy (non-hydrogen) atoms. The lowest BCUT2D eigenvalue weighted by Gasteiger charge is -1.99. The third kappa shape index (κ3) is 12.9. The van der Waals surface area contributed by atoms with Crippen LogP contribution < -0.4 is 0 Å². The highest BCUT2D eigenvalue weighted by Crippen LogP contribution is 2.09. The molecule has 0 saturated carbocycles. The quantitative estimate of drug-likeness (QED) is 0.609. The number of aliphatic carboxylic acids is 2. The highest BCUT2D eigenvalue weighted by atomic mass is 16.4. The first-order valence-electron chi connectivity index (χ1n) is 12.4. The lowest BCUT2D eigenvalue weighted by molar-refractivity contribution is -0.138. The van der Waals surface area contributed by atoms with Crippen LogP contribution >= 0.6 is 0 Å². The van der Waals surface area contributed by atoms with E-state index in [1.54, 1.807) is 0 Å². The second kappa shape index (κ2) is 9.49. The zero-order chi connectivity index (χ0) is 27.7. The van der Waals surface area contributed by atoms with Gasteiger partial charge in [-0.2, -0.15) is 0 Å². The van der Waals surface area contributed by atoms with Gasteiger partial charge in [0.2, 0.25) is 0 Å². The standard InChI is InChI=1S/C11H20O4/c12-10(13)8-6-4-2-1-3-5-7-9-11(14)15/h1-9H2,(H,12,13)(H,14,15)/i1D2,2D2,3D2,4D2,5D2,6D2,7D2,8D2,9D2. The maximum atomic E-state index is 11.1. The summed E-state index contributed by atoms with van der Waals surface area (Å²) in [5, 5.41) is 17.7. The molecule has 0 aromatic carbocycles. The summed E-state index contributed by atoms with van der Waals surface area (Å²) < 4.78 is 137. The molecule has 0 bridgehead atoms. The van der Waals surface area contributed by atoms with Gasteiger partial charge in [-0.15, -0.1) is 0 Å². The zero-order valence-electron chi connectivity index (χ0n) is 25.2. The summed E-state index contributed by atoms with van der Waals surface area (Å²) in [7, 11) is 0. The smallest absolute Gasteiger partial charge is 0.303 e. The minimum atomic E-state index is -4.70. The SMILES string of the molecule is [2H]C([2H])(C(=O)O)C([2H])([2H])C([2H])([2H])C([2H])([2H])C([2H])([2H])C([2H])([2H])C([2H])([2H])C([2H])([2H])C([2H])([2H])C(=O)O. The Labute approximate surface area is 116 Å². The third-order valence-corrected chi connectivity index (χ3v) is 0.714. The number of rotatable bonds is 10. The van der Waals surface area contributed by atoms with Crippen LogP contribution in [-0.2, 0) is 9.59 Å². The second-order valence-electron chi connectivity index (χ2n) is 1.74. The van der Waals surface area contributed by atoms with E-state index in [0.717, 1.165) is 0 Å². The van der Waals surface area contributed by atoms with Gasteiger partial charge in [0.15, 0.2) is 0 Å². The normalized spacial score (nSPS) is 36.5. The molecule has 0 aromatic rings. The van der Waals surface area contributed by atoms with Crippen LogP contribution in [0.5, 0.6) is 0 Å². The highest BCUT2D eigenvalue weighted by Gasteiger charge is 1.98. The van der Waals surface area contributed by atoms with Crippen LogP contribution in [0, 0.1) is 0 Å². The molecule has 0 radical (unpaired) electrons. The molecular weight excluding hydrogens is 196 g/mol. The third-order valence-electron chi connectivity index (χ3n) is 0.714. The van der Waals surface area contributed by atoms with Crippen molar-refractivity contribution < 1.29 is 44.5 Å². The first kappa shape index (κ1) is 2.44. The molecule has 0 atom stereocenters. The zero-order valence-corrected chi connectivity index (χ0v) is 7.21. The van der Waals surface area contributed by atoms with Crippen molar-refractivity contribution in [2.45, 2.75) is 57.4 Å². The topological polar surface area (TPSA) is 74.6 Å². The highest BCUT2D eigenvalue weighted by molar-refractivity contribution is 5.66. The summed E-state index contributed by atoms with van der Waals surface area (Å²) in [5.41, 5.74) is 0. The van der Waals surface area contributed by atoms with Crippen molar-refractivity contribution in [1.82, 2.24) is 0 Å². The number of carboxylic acid groups (broad SMARTS) is 2. The molecule has 0 heterocycles. The summed E-state index contributed by atoms with van der Waals surface area (Å²) in [5.74, 6) is -5.28. The van der Waals surface area contributed by atoms with Gasteiger partial charge in [-0.25, -0.2) is 0 Å². The van der Waals surface area contributed by atoms with E-state index < -0.39 is 69.3 Å². The monoisotopic (exact) mass is 234 g/mol. The Morgan fingerprint density at radius 3 is 1.27 bits per heavy atom. The van der Waals surface area contributed by atoms with E-state index >= 15 is 0 Å². The van der Waals surface area contributed by atoms with Gasteiger partial charge in [-0.1, -0.05) is 31.9 Å². The average molecular weight is 234 g/mol. The van der Waals surface area contributed by atoms with Crippen molar-refractivity contribution in [3.8, 4) is 0 Å². The Kier molecular flexibility index (Phi) is 1.54. The summed E-state index contributed by atoms with van der Waals surface area (Å²) in [6.45, 7) is 0. The molecular formula is C11H20O4. The van der Waals surface area contributed by atoms with Crippen molar-refractivity contribution in [3.05, 3.63) is 0 Å². The Balaban J connectivity index is 7.06. The molecule has 0 fully saturated rings. The van der Waals surface area contributed by atoms with E-state index in [0.29, 0.717) is 0 Å². The number of hydrogen-bond acceptors (Lipinski definition) is 2. The van der Waals surface area contributed by atoms with Gasteiger partial charge in [0.05, 0.1) is 0 Å². The Bertz CT molecular complexity index is 735. The van der Waals surface area contributed by atoms with Gasteiger partial charge in [-0.05, 0) is 12.7 Å². The van der Waals surface area contributed by atoms with E-state index in [4.69, 9.17) is 34.9 Å². The lowest BCUT2D eigenvalue weighted by Crippen LogP contribution is -1.94. The fourth-order valence-electron chi connectivity index (χ4n) is 0.326. The maximum absolute atomic E-state index is 11.1. The van der Waals surface area contributed by atoms with Crippen LogP contribution in [0.15, 0.2) is 0 Å². The first-order valence-corrected chi connectivity index (χ1v) is 3.36. The van der Waals surface area contributed by atoms with Crippen molar-refractivity contribution in [2.75, 3.05) is 0 Å². The van der Waals surface area contributed by atoms with E-state index in [2.05, 4.69) is 0 Å². The van der Waals surface area contributed by atoms with Crippen LogP contribution in [-0.4, -0.2) is 22.2 Å². The van der Waals surface area contributed by atoms with Gasteiger partial charge in [0.1, 0.15) is 0 Å². The van der Waals surface area contributed by atoms with Crippen LogP contribution in [0.2, 0.25) is 0 Å². The predicted octanol–water partition coefficient (Wildman–Crippen LogP) is 2.67. The van der Waals surface area contributed by atoms with Gasteiger partial charge in [-0.3, -0.25) is 9.59 Å². The van der Waals surface area contributed by atoms with Crippen LogP contribution in [0.4, 0.5) is 0 Å². The molecule has 0 saturated heterocycles. The van der Waals surface area contributed by atoms with E-state index in [-0.39, 0.29) is 0 Å². The Morgan fingerprint density at radius 1 is 0.733 bits per heavy atom. The molecule has 0 aliphatic carbocycles. The molecule has 0 unspecified atom stereocenters. The molecule has 4 heteroatoms. The van der Waals surface area contributed by atoms with E-state index in [1.165, 1.54) is 0 Å². The summed E-state index contributed by atoms with van der Waals surface area (Å²) in [6.07, 6.45) is -40.6. The molecule has 2 N–H and O–H groups in total. The fraction of sp³-hybridized carbons (Fsp3) is 0.818. The van der Waals surface area contributed by atoms with Crippen LogP contribution in [0.3, 0.4) is 0 Å². The van der Waals surface area contributed by atoms with Crippen molar-refractivity contribution in [1.29, 1.82) is 0 Å². The minimum Gasteiger partial charge on any atom is -0.481 e. The van der Waals surface area contributed by atoms with E-state index in [1.807, 2.05) is 0 Å². The molecule has 0 aliphatic rings. The molecule has 0 spiro atoms. The van der Waals surface area contributed by atoms with Crippen molar-refractivity contribution >= 4 is 11.9 Å². The largest absolute Gasteiger partial charge is 0.481 e. The Hall–Kier alpha value is -1.06. The van der Waals surface area contributed by atoms with Crippen LogP contribution in [0.25, 0.3) is 0 Å². The summed E-state index contributed by atoms with van der Waals surface area (Å²) in [4.78, 5) is 22.1. The molecule has 0 amide bonds. The van der Waals surface area contributed by atoms with Gasteiger partial charge < -0.3 is 10.2 Å². The van der Waals surface area contributed by atoms with Crippen molar-refractivity contribution in [2.24, 2.45) is 0 Å². The number of hydrogen-bond donors (Lipinski definition) is 2. The van der Waals surface area contributed by atoms with Crippen molar-refractivity contribution in [3.63, 3.8) is 0 Å². The number of carbonyl (C=O) groups is 2. The molecule has 0 rings (SSSR count). The minimum absolute atomic E-state index is 2.64. The first-order chi connectivity index (χ1) is 13.9. The predicted molar refractivity (Wildman–Crippen MR) is 56.8 cm³/mol. The second-order valence-corrected chi connectivity index (χ2v) is 1.74. The van der Waals surface area contributed by atoms with Gasteiger partial charge >= 0.3 is 11.9 Å². The van der Waals surface area contributed by atoms with E-state index in [9.17, 15) is 9.59 Å². The maximum Gasteiger partial charge on any atom is 0.303 e. The molecule has 0 aromatic heterocycles. The molecule has 88 valence electrons. The summed E-state index contributed by atoms with van der Waals surface area (Å²) in [6, 6.07) is 0. The van der Waals surface area contributed by atoms with Gasteiger partial charge in [0, 0.05) is 37.4 Å². The average Bonchev–Trinajstić information content (AvgIpc) is 2.59. The molecule has 0 aliphatic heterocycles.